The maximum absolute atomic E-state index is 11.5. The summed E-state index contributed by atoms with van der Waals surface area (Å²) in [5.74, 6) is 0.331. The predicted octanol–water partition coefficient (Wildman–Crippen LogP) is 0.607. The van der Waals surface area contributed by atoms with Crippen molar-refractivity contribution >= 4 is 11.7 Å². The standard InChI is InChI=1S/C12H26N4O2/c1-5-16(4)10(17)9-14-8-6-7-12(2,3)11(13)15-18/h14,18H,5-9H2,1-4H3,(H2,13,15). The Morgan fingerprint density at radius 2 is 2.11 bits per heavy atom. The van der Waals surface area contributed by atoms with Crippen LogP contribution in [-0.2, 0) is 4.79 Å². The van der Waals surface area contributed by atoms with Crippen molar-refractivity contribution in [2.75, 3.05) is 26.7 Å². The van der Waals surface area contributed by atoms with Gasteiger partial charge >= 0.3 is 0 Å². The highest BCUT2D eigenvalue weighted by Crippen LogP contribution is 2.21. The molecule has 106 valence electrons. The van der Waals surface area contributed by atoms with E-state index in [-0.39, 0.29) is 17.2 Å². The van der Waals surface area contributed by atoms with Crippen LogP contribution in [0.15, 0.2) is 5.16 Å². The van der Waals surface area contributed by atoms with E-state index in [2.05, 4.69) is 10.5 Å². The summed E-state index contributed by atoms with van der Waals surface area (Å²) >= 11 is 0. The molecule has 0 aliphatic carbocycles. The van der Waals surface area contributed by atoms with E-state index in [4.69, 9.17) is 10.9 Å². The summed E-state index contributed by atoms with van der Waals surface area (Å²) < 4.78 is 0. The van der Waals surface area contributed by atoms with Crippen molar-refractivity contribution in [2.45, 2.75) is 33.6 Å². The highest BCUT2D eigenvalue weighted by atomic mass is 16.4. The lowest BCUT2D eigenvalue weighted by Gasteiger charge is -2.22. The maximum atomic E-state index is 11.5. The second-order valence-corrected chi connectivity index (χ2v) is 5.06. The van der Waals surface area contributed by atoms with Gasteiger partial charge in [-0.2, -0.15) is 0 Å². The minimum absolute atomic E-state index is 0.0909. The third-order valence-corrected chi connectivity index (χ3v) is 3.13. The molecule has 0 aromatic carbocycles. The lowest BCUT2D eigenvalue weighted by atomic mass is 9.86. The van der Waals surface area contributed by atoms with Gasteiger partial charge in [-0.05, 0) is 26.3 Å². The van der Waals surface area contributed by atoms with Gasteiger partial charge in [0.15, 0.2) is 0 Å². The van der Waals surface area contributed by atoms with E-state index in [1.807, 2.05) is 20.8 Å². The van der Waals surface area contributed by atoms with Crippen molar-refractivity contribution in [3.05, 3.63) is 0 Å². The first-order chi connectivity index (χ1) is 8.35. The van der Waals surface area contributed by atoms with Gasteiger partial charge < -0.3 is 21.2 Å². The quantitative estimate of drug-likeness (QED) is 0.195. The predicted molar refractivity (Wildman–Crippen MR) is 72.6 cm³/mol. The number of likely N-dealkylation sites (N-methyl/N-ethyl adjacent to an activating group) is 1. The molecule has 0 radical (unpaired) electrons. The van der Waals surface area contributed by atoms with E-state index < -0.39 is 0 Å². The molecule has 0 aliphatic rings. The van der Waals surface area contributed by atoms with Gasteiger partial charge in [-0.1, -0.05) is 19.0 Å². The topological polar surface area (TPSA) is 91.0 Å². The minimum atomic E-state index is -0.319. The Bertz CT molecular complexity index is 290. The van der Waals surface area contributed by atoms with E-state index in [1.165, 1.54) is 0 Å². The zero-order chi connectivity index (χ0) is 14.2. The van der Waals surface area contributed by atoms with E-state index in [1.54, 1.807) is 11.9 Å². The zero-order valence-electron chi connectivity index (χ0n) is 11.9. The molecule has 6 nitrogen and oxygen atoms in total. The highest BCUT2D eigenvalue weighted by molar-refractivity contribution is 5.85. The number of amides is 1. The molecule has 0 fully saturated rings. The van der Waals surface area contributed by atoms with Gasteiger partial charge in [0.2, 0.25) is 5.91 Å². The van der Waals surface area contributed by atoms with Crippen molar-refractivity contribution in [3.8, 4) is 0 Å². The van der Waals surface area contributed by atoms with Crippen LogP contribution in [0.1, 0.15) is 33.6 Å². The number of nitrogens with zero attached hydrogens (tertiary/aromatic N) is 2. The van der Waals surface area contributed by atoms with Crippen LogP contribution in [0.3, 0.4) is 0 Å². The SMILES string of the molecule is CCN(C)C(=O)CNCCCC(C)(C)C(N)=NO. The smallest absolute Gasteiger partial charge is 0.236 e. The first kappa shape index (κ1) is 16.7. The molecule has 18 heavy (non-hydrogen) atoms. The van der Waals surface area contributed by atoms with E-state index in [0.717, 1.165) is 25.9 Å². The zero-order valence-corrected chi connectivity index (χ0v) is 11.9. The third-order valence-electron chi connectivity index (χ3n) is 3.13. The number of carbonyl (C=O) groups is 1. The van der Waals surface area contributed by atoms with Crippen LogP contribution in [-0.4, -0.2) is 48.5 Å². The molecule has 0 aromatic heterocycles. The van der Waals surface area contributed by atoms with Gasteiger partial charge in [0, 0.05) is 19.0 Å². The maximum Gasteiger partial charge on any atom is 0.236 e. The number of hydrogen-bond acceptors (Lipinski definition) is 4. The van der Waals surface area contributed by atoms with Gasteiger partial charge in [0.05, 0.1) is 6.54 Å². The van der Waals surface area contributed by atoms with Gasteiger partial charge in [0.25, 0.3) is 0 Å². The lowest BCUT2D eigenvalue weighted by molar-refractivity contribution is -0.128. The van der Waals surface area contributed by atoms with Crippen LogP contribution < -0.4 is 11.1 Å². The molecule has 0 unspecified atom stereocenters. The Labute approximate surface area is 109 Å². The van der Waals surface area contributed by atoms with Crippen LogP contribution in [0.2, 0.25) is 0 Å². The monoisotopic (exact) mass is 258 g/mol. The fraction of sp³-hybridized carbons (Fsp3) is 0.833. The van der Waals surface area contributed by atoms with Gasteiger partial charge in [-0.3, -0.25) is 4.79 Å². The first-order valence-electron chi connectivity index (χ1n) is 6.27. The number of nitrogens with one attached hydrogen (secondary N) is 1. The molecule has 0 aliphatic heterocycles. The second-order valence-electron chi connectivity index (χ2n) is 5.06. The normalized spacial score (nSPS) is 12.6. The molecule has 1 amide bonds. The molecule has 0 heterocycles. The lowest BCUT2D eigenvalue weighted by Crippen LogP contribution is -2.36. The van der Waals surface area contributed by atoms with Crippen LogP contribution in [0.4, 0.5) is 0 Å². The Morgan fingerprint density at radius 1 is 1.50 bits per heavy atom. The number of hydrogen-bond donors (Lipinski definition) is 3. The van der Waals surface area contributed by atoms with Crippen LogP contribution in [0, 0.1) is 5.41 Å². The fourth-order valence-electron chi connectivity index (χ4n) is 1.43. The fourth-order valence-corrected chi connectivity index (χ4v) is 1.43. The summed E-state index contributed by atoms with van der Waals surface area (Å²) in [5, 5.41) is 14.8. The van der Waals surface area contributed by atoms with Crippen molar-refractivity contribution < 1.29 is 10.0 Å². The van der Waals surface area contributed by atoms with Crippen molar-refractivity contribution in [1.29, 1.82) is 0 Å². The first-order valence-corrected chi connectivity index (χ1v) is 6.27. The molecule has 6 heteroatoms. The molecule has 0 rings (SSSR count). The Hall–Kier alpha value is -1.30. The number of oxime groups is 1. The van der Waals surface area contributed by atoms with E-state index in [9.17, 15) is 4.79 Å². The van der Waals surface area contributed by atoms with Crippen molar-refractivity contribution in [3.63, 3.8) is 0 Å². The average Bonchev–Trinajstić information content (AvgIpc) is 2.35. The number of amidine groups is 1. The van der Waals surface area contributed by atoms with Crippen LogP contribution in [0.5, 0.6) is 0 Å². The Morgan fingerprint density at radius 3 is 2.61 bits per heavy atom. The summed E-state index contributed by atoms with van der Waals surface area (Å²) in [6, 6.07) is 0. The molecule has 4 N–H and O–H groups in total. The van der Waals surface area contributed by atoms with Crippen LogP contribution >= 0.6 is 0 Å². The van der Waals surface area contributed by atoms with Gasteiger partial charge in [-0.15, -0.1) is 0 Å². The summed E-state index contributed by atoms with van der Waals surface area (Å²) in [4.78, 5) is 13.2. The second kappa shape index (κ2) is 7.92. The third kappa shape index (κ3) is 5.86. The summed E-state index contributed by atoms with van der Waals surface area (Å²) in [7, 11) is 1.78. The van der Waals surface area contributed by atoms with Crippen LogP contribution in [0.25, 0.3) is 0 Å². The summed E-state index contributed by atoms with van der Waals surface area (Å²) in [6.45, 7) is 7.62. The van der Waals surface area contributed by atoms with Gasteiger partial charge in [-0.25, -0.2) is 0 Å². The molecular formula is C12H26N4O2. The molecule has 0 spiro atoms. The van der Waals surface area contributed by atoms with Crippen molar-refractivity contribution in [2.24, 2.45) is 16.3 Å². The Balaban J connectivity index is 3.79. The largest absolute Gasteiger partial charge is 0.409 e. The number of carbonyl (C=O) groups excluding carboxylic acids is 1. The summed E-state index contributed by atoms with van der Waals surface area (Å²) in [6.07, 6.45) is 1.67. The molecule has 0 atom stereocenters. The van der Waals surface area contributed by atoms with E-state index in [0.29, 0.717) is 6.54 Å². The van der Waals surface area contributed by atoms with Crippen molar-refractivity contribution in [1.82, 2.24) is 10.2 Å². The summed E-state index contributed by atoms with van der Waals surface area (Å²) in [5.41, 5.74) is 5.27. The minimum Gasteiger partial charge on any atom is -0.409 e. The average molecular weight is 258 g/mol. The molecular weight excluding hydrogens is 232 g/mol. The number of nitrogens with two attached hydrogens (primary N) is 1. The molecule has 0 saturated carbocycles. The molecule has 0 aromatic rings. The van der Waals surface area contributed by atoms with Gasteiger partial charge in [0.1, 0.15) is 5.84 Å². The Kier molecular flexibility index (Phi) is 7.35. The number of rotatable bonds is 8. The van der Waals surface area contributed by atoms with E-state index >= 15 is 0 Å². The molecule has 0 saturated heterocycles. The molecule has 0 bridgehead atoms. The highest BCUT2D eigenvalue weighted by Gasteiger charge is 2.22.